The molecule has 2 nitrogen and oxygen atoms in total. The lowest BCUT2D eigenvalue weighted by molar-refractivity contribution is 0.340. The summed E-state index contributed by atoms with van der Waals surface area (Å²) in [5.41, 5.74) is 0. The van der Waals surface area contributed by atoms with Gasteiger partial charge in [0, 0.05) is 17.6 Å². The summed E-state index contributed by atoms with van der Waals surface area (Å²) in [4.78, 5) is 4.39. The minimum absolute atomic E-state index is 0.428. The van der Waals surface area contributed by atoms with Gasteiger partial charge in [-0.1, -0.05) is 27.7 Å². The summed E-state index contributed by atoms with van der Waals surface area (Å²) in [6.45, 7) is 9.00. The standard InChI is InChI=1S/C12H22N2S/c1-5-10(9(3)4)14-11(6-2)12-13-7-8-15-12/h7-11,14H,5-6H2,1-4H3. The number of rotatable bonds is 6. The molecule has 1 N–H and O–H groups in total. The van der Waals surface area contributed by atoms with Crippen LogP contribution in [0.5, 0.6) is 0 Å². The summed E-state index contributed by atoms with van der Waals surface area (Å²) >= 11 is 1.75. The fraction of sp³-hybridized carbons (Fsp3) is 0.750. The van der Waals surface area contributed by atoms with Crippen molar-refractivity contribution in [3.05, 3.63) is 16.6 Å². The highest BCUT2D eigenvalue weighted by Crippen LogP contribution is 2.21. The third kappa shape index (κ3) is 3.58. The van der Waals surface area contributed by atoms with Crippen molar-refractivity contribution in [3.8, 4) is 0 Å². The van der Waals surface area contributed by atoms with E-state index in [0.29, 0.717) is 18.0 Å². The van der Waals surface area contributed by atoms with Crippen molar-refractivity contribution in [3.63, 3.8) is 0 Å². The minimum Gasteiger partial charge on any atom is -0.305 e. The van der Waals surface area contributed by atoms with Gasteiger partial charge in [-0.05, 0) is 18.8 Å². The van der Waals surface area contributed by atoms with Gasteiger partial charge in [-0.2, -0.15) is 0 Å². The van der Waals surface area contributed by atoms with Crippen LogP contribution in [0.1, 0.15) is 51.6 Å². The second kappa shape index (κ2) is 6.23. The zero-order chi connectivity index (χ0) is 11.3. The average Bonchev–Trinajstić information content (AvgIpc) is 2.72. The maximum absolute atomic E-state index is 4.39. The maximum atomic E-state index is 4.39. The SMILES string of the molecule is CCC(NC(CC)C(C)C)c1nccs1. The number of nitrogens with one attached hydrogen (secondary N) is 1. The normalized spacial score (nSPS) is 15.5. The Bertz CT molecular complexity index is 257. The molecule has 0 aliphatic carbocycles. The van der Waals surface area contributed by atoms with Crippen molar-refractivity contribution >= 4 is 11.3 Å². The molecule has 0 amide bonds. The van der Waals surface area contributed by atoms with Crippen molar-refractivity contribution in [2.45, 2.75) is 52.6 Å². The lowest BCUT2D eigenvalue weighted by Gasteiger charge is -2.25. The number of aromatic nitrogens is 1. The number of thiazole rings is 1. The van der Waals surface area contributed by atoms with Gasteiger partial charge in [0.15, 0.2) is 0 Å². The molecule has 1 rings (SSSR count). The molecule has 0 aliphatic heterocycles. The van der Waals surface area contributed by atoms with Crippen LogP contribution in [0, 0.1) is 5.92 Å². The summed E-state index contributed by atoms with van der Waals surface area (Å²) in [5.74, 6) is 0.684. The van der Waals surface area contributed by atoms with E-state index in [-0.39, 0.29) is 0 Å². The Balaban J connectivity index is 2.60. The Hall–Kier alpha value is -0.410. The van der Waals surface area contributed by atoms with Crippen molar-refractivity contribution in [2.24, 2.45) is 5.92 Å². The molecule has 0 aliphatic rings. The topological polar surface area (TPSA) is 24.9 Å². The Morgan fingerprint density at radius 3 is 2.47 bits per heavy atom. The van der Waals surface area contributed by atoms with Crippen LogP contribution in [-0.2, 0) is 0 Å². The number of nitrogens with zero attached hydrogens (tertiary/aromatic N) is 1. The van der Waals surface area contributed by atoms with Crippen LogP contribution in [-0.4, -0.2) is 11.0 Å². The van der Waals surface area contributed by atoms with Gasteiger partial charge in [-0.3, -0.25) is 0 Å². The van der Waals surface area contributed by atoms with E-state index in [1.807, 2.05) is 6.20 Å². The fourth-order valence-corrected chi connectivity index (χ4v) is 2.59. The molecule has 0 saturated carbocycles. The van der Waals surface area contributed by atoms with E-state index in [0.717, 1.165) is 6.42 Å². The molecular formula is C12H22N2S. The van der Waals surface area contributed by atoms with Gasteiger partial charge in [0.25, 0.3) is 0 Å². The molecule has 0 saturated heterocycles. The van der Waals surface area contributed by atoms with Crippen molar-refractivity contribution in [2.75, 3.05) is 0 Å². The minimum atomic E-state index is 0.428. The molecular weight excluding hydrogens is 204 g/mol. The van der Waals surface area contributed by atoms with E-state index < -0.39 is 0 Å². The van der Waals surface area contributed by atoms with Crippen LogP contribution >= 0.6 is 11.3 Å². The van der Waals surface area contributed by atoms with Crippen LogP contribution in [0.2, 0.25) is 0 Å². The Labute approximate surface area is 97.1 Å². The predicted octanol–water partition coefficient (Wildman–Crippen LogP) is 3.62. The molecule has 0 fully saturated rings. The van der Waals surface area contributed by atoms with Crippen LogP contribution < -0.4 is 5.32 Å². The van der Waals surface area contributed by atoms with Crippen LogP contribution in [0.3, 0.4) is 0 Å². The van der Waals surface area contributed by atoms with Crippen molar-refractivity contribution in [1.29, 1.82) is 0 Å². The first-order valence-corrected chi connectivity index (χ1v) is 6.72. The first-order valence-electron chi connectivity index (χ1n) is 5.84. The first-order chi connectivity index (χ1) is 7.19. The third-order valence-corrected chi connectivity index (χ3v) is 3.71. The molecule has 3 heteroatoms. The molecule has 0 spiro atoms. The maximum Gasteiger partial charge on any atom is 0.109 e. The van der Waals surface area contributed by atoms with Gasteiger partial charge in [0.2, 0.25) is 0 Å². The molecule has 0 bridgehead atoms. The summed E-state index contributed by atoms with van der Waals surface area (Å²) < 4.78 is 0. The smallest absolute Gasteiger partial charge is 0.109 e. The summed E-state index contributed by atoms with van der Waals surface area (Å²) in [7, 11) is 0. The van der Waals surface area contributed by atoms with Crippen LogP contribution in [0.25, 0.3) is 0 Å². The van der Waals surface area contributed by atoms with E-state index in [4.69, 9.17) is 0 Å². The molecule has 1 heterocycles. The largest absolute Gasteiger partial charge is 0.305 e. The Morgan fingerprint density at radius 2 is 2.07 bits per heavy atom. The van der Waals surface area contributed by atoms with Gasteiger partial charge < -0.3 is 5.32 Å². The first kappa shape index (κ1) is 12.7. The third-order valence-electron chi connectivity index (χ3n) is 2.82. The highest BCUT2D eigenvalue weighted by molar-refractivity contribution is 7.09. The predicted molar refractivity (Wildman–Crippen MR) is 67.2 cm³/mol. The van der Waals surface area contributed by atoms with Gasteiger partial charge >= 0.3 is 0 Å². The Kier molecular flexibility index (Phi) is 5.26. The molecule has 0 aromatic carbocycles. The molecule has 1 aromatic rings. The molecule has 2 unspecified atom stereocenters. The quantitative estimate of drug-likeness (QED) is 0.801. The number of hydrogen-bond donors (Lipinski definition) is 1. The van der Waals surface area contributed by atoms with Crippen LogP contribution in [0.4, 0.5) is 0 Å². The monoisotopic (exact) mass is 226 g/mol. The van der Waals surface area contributed by atoms with E-state index in [2.05, 4.69) is 43.4 Å². The van der Waals surface area contributed by atoms with Gasteiger partial charge in [-0.25, -0.2) is 4.98 Å². The lowest BCUT2D eigenvalue weighted by Crippen LogP contribution is -2.36. The summed E-state index contributed by atoms with van der Waals surface area (Å²) in [6.07, 6.45) is 4.18. The lowest BCUT2D eigenvalue weighted by atomic mass is 10.0. The highest BCUT2D eigenvalue weighted by atomic mass is 32.1. The van der Waals surface area contributed by atoms with Crippen molar-refractivity contribution < 1.29 is 0 Å². The molecule has 15 heavy (non-hydrogen) atoms. The Morgan fingerprint density at radius 1 is 1.33 bits per heavy atom. The van der Waals surface area contributed by atoms with Crippen LogP contribution in [0.15, 0.2) is 11.6 Å². The second-order valence-corrected chi connectivity index (χ2v) is 5.18. The van der Waals surface area contributed by atoms with Gasteiger partial charge in [0.05, 0.1) is 6.04 Å². The van der Waals surface area contributed by atoms with Crippen molar-refractivity contribution in [1.82, 2.24) is 10.3 Å². The fourth-order valence-electron chi connectivity index (χ4n) is 1.81. The van der Waals surface area contributed by atoms with E-state index >= 15 is 0 Å². The summed E-state index contributed by atoms with van der Waals surface area (Å²) in [5, 5.41) is 6.97. The van der Waals surface area contributed by atoms with E-state index in [1.54, 1.807) is 11.3 Å². The highest BCUT2D eigenvalue weighted by Gasteiger charge is 2.18. The van der Waals surface area contributed by atoms with Gasteiger partial charge in [0.1, 0.15) is 5.01 Å². The molecule has 1 aromatic heterocycles. The van der Waals surface area contributed by atoms with E-state index in [9.17, 15) is 0 Å². The number of hydrogen-bond acceptors (Lipinski definition) is 3. The second-order valence-electron chi connectivity index (χ2n) is 4.26. The summed E-state index contributed by atoms with van der Waals surface area (Å²) in [6, 6.07) is 1.02. The zero-order valence-corrected chi connectivity index (χ0v) is 11.0. The molecule has 2 atom stereocenters. The molecule has 86 valence electrons. The molecule has 0 radical (unpaired) electrons. The average molecular weight is 226 g/mol. The zero-order valence-electron chi connectivity index (χ0n) is 10.2. The van der Waals surface area contributed by atoms with Gasteiger partial charge in [-0.15, -0.1) is 11.3 Å². The van der Waals surface area contributed by atoms with E-state index in [1.165, 1.54) is 11.4 Å².